The number of fused-ring (bicyclic) bond motifs is 2. The molecule has 0 spiro atoms. The summed E-state index contributed by atoms with van der Waals surface area (Å²) in [7, 11) is 18.4. The van der Waals surface area contributed by atoms with Crippen molar-refractivity contribution in [3.63, 3.8) is 0 Å². The first kappa shape index (κ1) is 25.6. The van der Waals surface area contributed by atoms with Crippen LogP contribution in [0.5, 0.6) is 11.6 Å². The number of aromatic nitrogens is 3. The Balaban J connectivity index is 1.37. The van der Waals surface area contributed by atoms with Gasteiger partial charge in [0.2, 0.25) is 5.88 Å². The monoisotopic (exact) mass is 492 g/mol. The molecule has 1 N–H and O–H groups in total. The van der Waals surface area contributed by atoms with Gasteiger partial charge in [-0.2, -0.15) is 0 Å². The number of aromatic hydroxyl groups is 1. The minimum absolute atomic E-state index is 0.0170. The van der Waals surface area contributed by atoms with E-state index in [1.807, 2.05) is 6.07 Å². The van der Waals surface area contributed by atoms with E-state index in [0.29, 0.717) is 28.0 Å². The minimum Gasteiger partial charge on any atom is -0.507 e. The molecule has 10 heteroatoms. The molecule has 2 aromatic heterocycles. The van der Waals surface area contributed by atoms with Crippen molar-refractivity contribution in [2.75, 3.05) is 11.9 Å². The third-order valence-corrected chi connectivity index (χ3v) is 7.88. The Kier molecular flexibility index (Phi) is 6.28. The summed E-state index contributed by atoms with van der Waals surface area (Å²) in [5.41, 5.74) is 1.91. The van der Waals surface area contributed by atoms with E-state index in [4.69, 9.17) is 28.3 Å². The molecular weight excluding hydrogens is 464 g/mol. The molecule has 184 valence electrons. The summed E-state index contributed by atoms with van der Waals surface area (Å²) in [6.07, 6.45) is 7.53. The molecule has 3 atom stereocenters. The summed E-state index contributed by atoms with van der Waals surface area (Å²) in [5.74, 6) is -0.104. The van der Waals surface area contributed by atoms with Gasteiger partial charge in [-0.25, -0.2) is 9.37 Å². The highest BCUT2D eigenvalue weighted by atomic mass is 19.1. The van der Waals surface area contributed by atoms with Gasteiger partial charge in [-0.3, -0.25) is 0 Å². The van der Waals surface area contributed by atoms with Crippen molar-refractivity contribution >= 4 is 29.4 Å². The Morgan fingerprint density at radius 2 is 1.73 bits per heavy atom. The molecule has 5 rings (SSSR count). The lowest BCUT2D eigenvalue weighted by atomic mass is 9.52. The van der Waals surface area contributed by atoms with E-state index in [1.165, 1.54) is 43.7 Å². The van der Waals surface area contributed by atoms with Crippen LogP contribution < -0.4 is 9.64 Å². The summed E-state index contributed by atoms with van der Waals surface area (Å²) in [5, 5.41) is 17.5. The molecule has 1 aromatic carbocycles. The van der Waals surface area contributed by atoms with E-state index >= 15 is 4.39 Å². The molecule has 2 fully saturated rings. The van der Waals surface area contributed by atoms with E-state index in [-0.39, 0.29) is 22.9 Å². The number of phenolic OH excluding ortho intramolecular Hbond substituents is 1. The molecule has 37 heavy (non-hydrogen) atoms. The zero-order valence-corrected chi connectivity index (χ0v) is 21.4. The van der Waals surface area contributed by atoms with Crippen molar-refractivity contribution in [2.24, 2.45) is 10.8 Å². The lowest BCUT2D eigenvalue weighted by Crippen LogP contribution is -2.42. The smallest absolute Gasteiger partial charge is 0.212 e. The van der Waals surface area contributed by atoms with Gasteiger partial charge in [0.05, 0.1) is 11.3 Å². The van der Waals surface area contributed by atoms with Crippen LogP contribution in [-0.4, -0.2) is 62.2 Å². The molecule has 2 saturated carbocycles. The van der Waals surface area contributed by atoms with Crippen LogP contribution >= 0.6 is 0 Å². The number of rotatable bonds is 6. The minimum atomic E-state index is -1.91. The van der Waals surface area contributed by atoms with E-state index in [9.17, 15) is 5.11 Å². The van der Waals surface area contributed by atoms with E-state index in [0.717, 1.165) is 18.7 Å². The quantitative estimate of drug-likeness (QED) is 0.517. The van der Waals surface area contributed by atoms with Gasteiger partial charge in [-0.15, -0.1) is 10.2 Å². The molecule has 2 heterocycles. The van der Waals surface area contributed by atoms with Gasteiger partial charge in [-0.05, 0) is 89.7 Å². The van der Waals surface area contributed by atoms with Gasteiger partial charge in [0, 0.05) is 25.4 Å². The second-order valence-corrected chi connectivity index (χ2v) is 11.4. The maximum absolute atomic E-state index is 15.2. The normalized spacial score (nSPS) is 25.1. The first-order valence-corrected chi connectivity index (χ1v) is 12.4. The number of halogens is 1. The average molecular weight is 492 g/mol. The highest BCUT2D eigenvalue weighted by Gasteiger charge is 2.50. The summed E-state index contributed by atoms with van der Waals surface area (Å²) in [6, 6.07) is 9.79. The van der Waals surface area contributed by atoms with Crippen LogP contribution in [0.1, 0.15) is 46.0 Å². The fraction of sp³-hybridized carbons (Fsp3) is 0.444. The molecule has 0 amide bonds. The Morgan fingerprint density at radius 1 is 1.03 bits per heavy atom. The van der Waals surface area contributed by atoms with Crippen LogP contribution in [0.3, 0.4) is 0 Å². The number of benzene rings is 1. The number of pyridine rings is 1. The fourth-order valence-corrected chi connectivity index (χ4v) is 6.31. The van der Waals surface area contributed by atoms with Crippen LogP contribution in [0.15, 0.2) is 42.6 Å². The number of anilines is 1. The lowest BCUT2D eigenvalue weighted by Gasteiger charge is -2.44. The first-order chi connectivity index (χ1) is 17.3. The maximum atomic E-state index is 15.2. The molecule has 0 aliphatic heterocycles. The van der Waals surface area contributed by atoms with Crippen LogP contribution in [0, 0.1) is 16.6 Å². The Morgan fingerprint density at radius 3 is 2.32 bits per heavy atom. The predicted molar refractivity (Wildman–Crippen MR) is 144 cm³/mol. The van der Waals surface area contributed by atoms with Gasteiger partial charge < -0.3 is 14.7 Å². The van der Waals surface area contributed by atoms with Gasteiger partial charge in [-0.1, -0.05) is 13.8 Å². The highest BCUT2D eigenvalue weighted by molar-refractivity contribution is 6.58. The van der Waals surface area contributed by atoms with Crippen LogP contribution in [-0.2, 0) is 0 Å². The molecule has 2 bridgehead atoms. The number of hydrogen-bond donors (Lipinski definition) is 1. The summed E-state index contributed by atoms with van der Waals surface area (Å²) in [4.78, 5) is 6.19. The van der Waals surface area contributed by atoms with E-state index in [2.05, 4.69) is 41.0 Å². The second-order valence-electron chi connectivity index (χ2n) is 11.4. The molecule has 1 unspecified atom stereocenters. The number of ether oxygens (including phenoxy) is 1. The topological polar surface area (TPSA) is 71.4 Å². The van der Waals surface area contributed by atoms with E-state index in [1.54, 1.807) is 12.1 Å². The molecular formula is C27H28B3FN4O2. The molecule has 3 aromatic rings. The van der Waals surface area contributed by atoms with Crippen LogP contribution in [0.25, 0.3) is 22.4 Å². The zero-order chi connectivity index (χ0) is 26.6. The van der Waals surface area contributed by atoms with Crippen molar-refractivity contribution in [1.82, 2.24) is 15.2 Å². The van der Waals surface area contributed by atoms with Gasteiger partial charge in [0.1, 0.15) is 35.1 Å². The Bertz CT molecular complexity index is 1280. The van der Waals surface area contributed by atoms with Crippen molar-refractivity contribution in [2.45, 2.75) is 57.3 Å². The molecule has 2 aliphatic rings. The lowest BCUT2D eigenvalue weighted by molar-refractivity contribution is 0.148. The van der Waals surface area contributed by atoms with Crippen molar-refractivity contribution in [1.29, 1.82) is 0 Å². The molecule has 0 saturated heterocycles. The molecule has 6 nitrogen and oxygen atoms in total. The van der Waals surface area contributed by atoms with E-state index < -0.39 is 11.1 Å². The zero-order valence-electron chi connectivity index (χ0n) is 21.4. The SMILES string of the molecule is [B]C([B])([B])Oc1cc(-c2cc(O)c(-c3ccc(N(C)C4C[C@]5(C)CC[C@](C)(C4)C5)nn3)c(F)c2)ccn1. The Labute approximate surface area is 221 Å². The van der Waals surface area contributed by atoms with Crippen molar-refractivity contribution in [3.8, 4) is 34.0 Å². The Hall–Kier alpha value is -3.03. The summed E-state index contributed by atoms with van der Waals surface area (Å²) < 4.78 is 20.4. The average Bonchev–Trinajstić information content (AvgIpc) is 3.04. The second kappa shape index (κ2) is 9.07. The number of phenols is 1. The van der Waals surface area contributed by atoms with Crippen molar-refractivity contribution < 1.29 is 14.2 Å². The molecule has 6 radical (unpaired) electrons. The fourth-order valence-electron chi connectivity index (χ4n) is 6.31. The van der Waals surface area contributed by atoms with Crippen LogP contribution in [0.2, 0.25) is 0 Å². The van der Waals surface area contributed by atoms with Gasteiger partial charge in [0.15, 0.2) is 5.82 Å². The number of nitrogens with zero attached hydrogens (tertiary/aromatic N) is 4. The standard InChI is InChI=1S/C27H28B3FN4O2/c1-25-7-8-26(2,15-25)14-18(13-25)35(3)22-5-4-20(33-34-22)24-19(31)10-17(11-21(24)36)16-6-9-32-23(12-16)37-27(28,29)30/h4-6,9-12,18,36H,7-8,13-15H2,1-3H3/t18?,25-,26+. The predicted octanol–water partition coefficient (Wildman–Crippen LogP) is 4.34. The van der Waals surface area contributed by atoms with Gasteiger partial charge >= 0.3 is 0 Å². The number of hydrogen-bond acceptors (Lipinski definition) is 6. The highest BCUT2D eigenvalue weighted by Crippen LogP contribution is 2.58. The summed E-state index contributed by atoms with van der Waals surface area (Å²) in [6.45, 7) is 4.79. The maximum Gasteiger partial charge on any atom is 0.212 e. The third-order valence-electron chi connectivity index (χ3n) is 7.88. The van der Waals surface area contributed by atoms with Crippen molar-refractivity contribution in [3.05, 3.63) is 48.4 Å². The summed E-state index contributed by atoms with van der Waals surface area (Å²) >= 11 is 0. The third kappa shape index (κ3) is 5.34. The first-order valence-electron chi connectivity index (χ1n) is 12.4. The largest absolute Gasteiger partial charge is 0.507 e. The molecule has 2 aliphatic carbocycles. The van der Waals surface area contributed by atoms with Gasteiger partial charge in [0.25, 0.3) is 0 Å². The van der Waals surface area contributed by atoms with Crippen LogP contribution in [0.4, 0.5) is 10.2 Å².